The van der Waals surface area contributed by atoms with Crippen molar-refractivity contribution in [2.24, 2.45) is 0 Å². The highest BCUT2D eigenvalue weighted by Gasteiger charge is 2.05. The fourth-order valence-electron chi connectivity index (χ4n) is 1.76. The van der Waals surface area contributed by atoms with E-state index in [0.29, 0.717) is 11.9 Å². The molecular formula is C14H22N2O. The van der Waals surface area contributed by atoms with E-state index in [1.165, 1.54) is 11.1 Å². The fourth-order valence-corrected chi connectivity index (χ4v) is 1.76. The minimum Gasteiger partial charge on any atom is -0.481 e. The Balaban J connectivity index is 2.68. The Morgan fingerprint density at radius 1 is 1.47 bits per heavy atom. The molecule has 0 amide bonds. The molecule has 3 heteroatoms. The molecule has 0 aromatic carbocycles. The van der Waals surface area contributed by atoms with Crippen LogP contribution in [0, 0.1) is 0 Å². The van der Waals surface area contributed by atoms with Crippen LogP contribution in [0.15, 0.2) is 30.0 Å². The third kappa shape index (κ3) is 5.00. The van der Waals surface area contributed by atoms with Gasteiger partial charge >= 0.3 is 0 Å². The van der Waals surface area contributed by atoms with Gasteiger partial charge < -0.3 is 10.1 Å². The summed E-state index contributed by atoms with van der Waals surface area (Å²) in [6, 6.07) is 4.34. The summed E-state index contributed by atoms with van der Waals surface area (Å²) in [6.07, 6.45) is 5.09. The van der Waals surface area contributed by atoms with Crippen LogP contribution in [0.5, 0.6) is 5.88 Å². The molecule has 0 saturated heterocycles. The topological polar surface area (TPSA) is 34.1 Å². The molecule has 0 bridgehead atoms. The highest BCUT2D eigenvalue weighted by molar-refractivity contribution is 5.20. The predicted molar refractivity (Wildman–Crippen MR) is 71.4 cm³/mol. The summed E-state index contributed by atoms with van der Waals surface area (Å²) >= 11 is 0. The van der Waals surface area contributed by atoms with E-state index in [9.17, 15) is 0 Å². The van der Waals surface area contributed by atoms with Crippen LogP contribution in [0.4, 0.5) is 0 Å². The van der Waals surface area contributed by atoms with Crippen molar-refractivity contribution in [3.8, 4) is 5.88 Å². The lowest BCUT2D eigenvalue weighted by molar-refractivity contribution is 0.397. The molecular weight excluding hydrogens is 212 g/mol. The third-order valence-corrected chi connectivity index (χ3v) is 2.46. The number of ether oxygens (including phenoxy) is 1. The highest BCUT2D eigenvalue weighted by Crippen LogP contribution is 2.10. The van der Waals surface area contributed by atoms with Gasteiger partial charge in [0.05, 0.1) is 7.11 Å². The molecule has 1 atom stereocenters. The van der Waals surface area contributed by atoms with Crippen LogP contribution in [-0.4, -0.2) is 24.7 Å². The predicted octanol–water partition coefficient (Wildman–Crippen LogP) is 2.58. The molecule has 0 saturated carbocycles. The quantitative estimate of drug-likeness (QED) is 0.768. The van der Waals surface area contributed by atoms with E-state index in [4.69, 9.17) is 4.74 Å². The maximum atomic E-state index is 5.05. The van der Waals surface area contributed by atoms with Gasteiger partial charge in [-0.1, -0.05) is 24.6 Å². The maximum absolute atomic E-state index is 5.05. The minimum atomic E-state index is 0.375. The van der Waals surface area contributed by atoms with E-state index in [1.807, 2.05) is 12.3 Å². The largest absolute Gasteiger partial charge is 0.481 e. The number of likely N-dealkylation sites (N-methyl/N-ethyl adjacent to an activating group) is 1. The molecule has 1 heterocycles. The van der Waals surface area contributed by atoms with Crippen molar-refractivity contribution in [2.75, 3.05) is 13.7 Å². The Bertz CT molecular complexity index is 353. The van der Waals surface area contributed by atoms with Crippen LogP contribution in [0.25, 0.3) is 0 Å². The van der Waals surface area contributed by atoms with Crippen molar-refractivity contribution in [3.63, 3.8) is 0 Å². The first-order valence-corrected chi connectivity index (χ1v) is 6.03. The fraction of sp³-hybridized carbons (Fsp3) is 0.500. The molecule has 0 aliphatic carbocycles. The lowest BCUT2D eigenvalue weighted by Gasteiger charge is -2.14. The summed E-state index contributed by atoms with van der Waals surface area (Å²) in [5.74, 6) is 0.663. The van der Waals surface area contributed by atoms with Gasteiger partial charge in [0.2, 0.25) is 5.88 Å². The minimum absolute atomic E-state index is 0.375. The van der Waals surface area contributed by atoms with Crippen LogP contribution < -0.4 is 10.1 Å². The molecule has 1 aromatic rings. The van der Waals surface area contributed by atoms with Gasteiger partial charge in [-0.15, -0.1) is 0 Å². The standard InChI is InChI=1S/C14H22N2O/c1-5-15-13(8-11(2)3)9-12-6-7-14(17-4)16-10-12/h6-8,10,13,15H,5,9H2,1-4H3. The van der Waals surface area contributed by atoms with Crippen molar-refractivity contribution < 1.29 is 4.74 Å². The SMILES string of the molecule is CCNC(C=C(C)C)Cc1ccc(OC)nc1. The van der Waals surface area contributed by atoms with E-state index >= 15 is 0 Å². The number of hydrogen-bond donors (Lipinski definition) is 1. The van der Waals surface area contributed by atoms with Crippen molar-refractivity contribution in [2.45, 2.75) is 33.2 Å². The Kier molecular flexibility index (Phi) is 5.70. The van der Waals surface area contributed by atoms with Gasteiger partial charge in [0.25, 0.3) is 0 Å². The number of pyridine rings is 1. The first-order valence-electron chi connectivity index (χ1n) is 6.03. The molecule has 94 valence electrons. The maximum Gasteiger partial charge on any atom is 0.212 e. The zero-order chi connectivity index (χ0) is 12.7. The van der Waals surface area contributed by atoms with Gasteiger partial charge in [0.1, 0.15) is 0 Å². The summed E-state index contributed by atoms with van der Waals surface area (Å²) in [5, 5.41) is 3.46. The van der Waals surface area contributed by atoms with E-state index in [2.05, 4.69) is 43.2 Å². The molecule has 1 unspecified atom stereocenters. The highest BCUT2D eigenvalue weighted by atomic mass is 16.5. The summed E-state index contributed by atoms with van der Waals surface area (Å²) in [7, 11) is 1.63. The summed E-state index contributed by atoms with van der Waals surface area (Å²) in [5.41, 5.74) is 2.55. The molecule has 0 aliphatic heterocycles. The molecule has 3 nitrogen and oxygen atoms in total. The number of hydrogen-bond acceptors (Lipinski definition) is 3. The monoisotopic (exact) mass is 234 g/mol. The van der Waals surface area contributed by atoms with E-state index in [0.717, 1.165) is 13.0 Å². The van der Waals surface area contributed by atoms with Crippen LogP contribution in [0.3, 0.4) is 0 Å². The Hall–Kier alpha value is -1.35. The van der Waals surface area contributed by atoms with Crippen LogP contribution in [0.1, 0.15) is 26.3 Å². The first-order chi connectivity index (χ1) is 8.15. The number of allylic oxidation sites excluding steroid dienone is 1. The van der Waals surface area contributed by atoms with Crippen LogP contribution >= 0.6 is 0 Å². The van der Waals surface area contributed by atoms with Crippen molar-refractivity contribution in [3.05, 3.63) is 35.5 Å². The Morgan fingerprint density at radius 3 is 2.71 bits per heavy atom. The second-order valence-electron chi connectivity index (χ2n) is 4.32. The number of nitrogens with zero attached hydrogens (tertiary/aromatic N) is 1. The molecule has 1 aromatic heterocycles. The van der Waals surface area contributed by atoms with Crippen LogP contribution in [0.2, 0.25) is 0 Å². The second-order valence-corrected chi connectivity index (χ2v) is 4.32. The van der Waals surface area contributed by atoms with Gasteiger partial charge in [-0.3, -0.25) is 0 Å². The second kappa shape index (κ2) is 7.07. The average Bonchev–Trinajstić information content (AvgIpc) is 2.29. The average molecular weight is 234 g/mol. The molecule has 0 fully saturated rings. The molecule has 1 rings (SSSR count). The number of aromatic nitrogens is 1. The zero-order valence-electron chi connectivity index (χ0n) is 11.2. The lowest BCUT2D eigenvalue weighted by Crippen LogP contribution is -2.29. The molecule has 0 aliphatic rings. The molecule has 0 radical (unpaired) electrons. The molecule has 0 spiro atoms. The van der Waals surface area contributed by atoms with E-state index in [-0.39, 0.29) is 0 Å². The van der Waals surface area contributed by atoms with E-state index < -0.39 is 0 Å². The van der Waals surface area contributed by atoms with Gasteiger partial charge in [-0.25, -0.2) is 4.98 Å². The number of rotatable bonds is 6. The Morgan fingerprint density at radius 2 is 2.24 bits per heavy atom. The first kappa shape index (κ1) is 13.7. The number of methoxy groups -OCH3 is 1. The molecule has 1 N–H and O–H groups in total. The Labute approximate surface area is 104 Å². The smallest absolute Gasteiger partial charge is 0.212 e. The summed E-state index contributed by atoms with van der Waals surface area (Å²) in [4.78, 5) is 4.22. The normalized spacial score (nSPS) is 12.0. The van der Waals surface area contributed by atoms with Gasteiger partial charge in [-0.2, -0.15) is 0 Å². The summed E-state index contributed by atoms with van der Waals surface area (Å²) < 4.78 is 5.05. The third-order valence-electron chi connectivity index (χ3n) is 2.46. The van der Waals surface area contributed by atoms with Crippen LogP contribution in [-0.2, 0) is 6.42 Å². The van der Waals surface area contributed by atoms with Crippen molar-refractivity contribution in [1.82, 2.24) is 10.3 Å². The lowest BCUT2D eigenvalue weighted by atomic mass is 10.1. The van der Waals surface area contributed by atoms with Crippen molar-refractivity contribution >= 4 is 0 Å². The number of nitrogens with one attached hydrogen (secondary N) is 1. The van der Waals surface area contributed by atoms with Gasteiger partial charge in [0.15, 0.2) is 0 Å². The summed E-state index contributed by atoms with van der Waals surface area (Å²) in [6.45, 7) is 7.34. The van der Waals surface area contributed by atoms with Gasteiger partial charge in [0, 0.05) is 18.3 Å². The van der Waals surface area contributed by atoms with Gasteiger partial charge in [-0.05, 0) is 32.4 Å². The van der Waals surface area contributed by atoms with E-state index in [1.54, 1.807) is 7.11 Å². The molecule has 17 heavy (non-hydrogen) atoms. The zero-order valence-corrected chi connectivity index (χ0v) is 11.2. The van der Waals surface area contributed by atoms with Crippen molar-refractivity contribution in [1.29, 1.82) is 0 Å².